The van der Waals surface area contributed by atoms with Crippen LogP contribution in [0.4, 0.5) is 13.2 Å². The number of carbonyl (C=O) groups is 1. The number of aryl methyl sites for hydroxylation is 1. The number of carbonyl (C=O) groups excluding carboxylic acids is 1. The van der Waals surface area contributed by atoms with Gasteiger partial charge in [0.2, 0.25) is 5.89 Å². The van der Waals surface area contributed by atoms with Crippen molar-refractivity contribution in [1.29, 1.82) is 0 Å². The van der Waals surface area contributed by atoms with Crippen molar-refractivity contribution in [2.75, 3.05) is 6.54 Å². The molecule has 1 unspecified atom stereocenters. The van der Waals surface area contributed by atoms with E-state index in [0.717, 1.165) is 49.9 Å². The van der Waals surface area contributed by atoms with Gasteiger partial charge in [-0.2, -0.15) is 13.2 Å². The SMILES string of the molecule is CCC1(OC(C)=O)CCCCN1Cc1cccc(OCc2nc(-c3ccc(C(F)(F)F)cc3)oc2C)c1. The van der Waals surface area contributed by atoms with Crippen LogP contribution < -0.4 is 4.74 Å². The molecule has 6 nitrogen and oxygen atoms in total. The Bertz CT molecular complexity index is 1220. The summed E-state index contributed by atoms with van der Waals surface area (Å²) in [6.45, 7) is 6.85. The molecule has 1 atom stereocenters. The quantitative estimate of drug-likeness (QED) is 0.303. The zero-order valence-electron chi connectivity index (χ0n) is 21.2. The van der Waals surface area contributed by atoms with Crippen molar-refractivity contribution < 1.29 is 31.9 Å². The number of hydrogen-bond acceptors (Lipinski definition) is 6. The number of rotatable bonds is 8. The fourth-order valence-electron chi connectivity index (χ4n) is 4.74. The molecule has 2 aromatic carbocycles. The minimum atomic E-state index is -4.40. The molecule has 0 saturated carbocycles. The van der Waals surface area contributed by atoms with E-state index in [1.807, 2.05) is 31.2 Å². The number of hydrogen-bond donors (Lipinski definition) is 0. The van der Waals surface area contributed by atoms with Crippen molar-refractivity contribution in [2.24, 2.45) is 0 Å². The first-order valence-electron chi connectivity index (χ1n) is 12.4. The predicted octanol–water partition coefficient (Wildman–Crippen LogP) is 6.90. The first kappa shape index (κ1) is 26.7. The Morgan fingerprint density at radius 2 is 1.92 bits per heavy atom. The summed E-state index contributed by atoms with van der Waals surface area (Å²) in [7, 11) is 0. The number of likely N-dealkylation sites (tertiary alicyclic amines) is 1. The van der Waals surface area contributed by atoms with Gasteiger partial charge in [-0.3, -0.25) is 9.69 Å². The highest BCUT2D eigenvalue weighted by atomic mass is 19.4. The van der Waals surface area contributed by atoms with Gasteiger partial charge in [-0.15, -0.1) is 0 Å². The molecule has 0 amide bonds. The molecule has 1 aliphatic rings. The minimum Gasteiger partial charge on any atom is -0.487 e. The van der Waals surface area contributed by atoms with Gasteiger partial charge in [-0.1, -0.05) is 19.1 Å². The average Bonchev–Trinajstić information content (AvgIpc) is 3.24. The molecule has 9 heteroatoms. The average molecular weight is 517 g/mol. The number of esters is 1. The molecule has 0 N–H and O–H groups in total. The first-order valence-corrected chi connectivity index (χ1v) is 12.4. The van der Waals surface area contributed by atoms with Crippen molar-refractivity contribution in [2.45, 2.75) is 71.5 Å². The van der Waals surface area contributed by atoms with Crippen molar-refractivity contribution >= 4 is 5.97 Å². The summed E-state index contributed by atoms with van der Waals surface area (Å²) in [4.78, 5) is 18.5. The molecule has 2 heterocycles. The largest absolute Gasteiger partial charge is 0.487 e. The van der Waals surface area contributed by atoms with Crippen LogP contribution in [0.5, 0.6) is 5.75 Å². The molecule has 0 radical (unpaired) electrons. The smallest absolute Gasteiger partial charge is 0.416 e. The number of aromatic nitrogens is 1. The van der Waals surface area contributed by atoms with Gasteiger partial charge in [0.25, 0.3) is 0 Å². The van der Waals surface area contributed by atoms with E-state index in [0.29, 0.717) is 29.3 Å². The highest BCUT2D eigenvalue weighted by Gasteiger charge is 2.40. The van der Waals surface area contributed by atoms with Gasteiger partial charge >= 0.3 is 12.1 Å². The van der Waals surface area contributed by atoms with Crippen LogP contribution in [0.25, 0.3) is 11.5 Å². The number of benzene rings is 2. The van der Waals surface area contributed by atoms with Crippen LogP contribution in [0.2, 0.25) is 0 Å². The van der Waals surface area contributed by atoms with Gasteiger partial charge in [-0.05, 0) is 68.1 Å². The predicted molar refractivity (Wildman–Crippen MR) is 132 cm³/mol. The van der Waals surface area contributed by atoms with E-state index in [9.17, 15) is 18.0 Å². The molecule has 0 bridgehead atoms. The second-order valence-corrected chi connectivity index (χ2v) is 9.31. The lowest BCUT2D eigenvalue weighted by Crippen LogP contribution is -2.53. The maximum Gasteiger partial charge on any atom is 0.416 e. The molecule has 4 rings (SSSR count). The third-order valence-corrected chi connectivity index (χ3v) is 6.71. The lowest BCUT2D eigenvalue weighted by atomic mass is 9.94. The summed E-state index contributed by atoms with van der Waals surface area (Å²) >= 11 is 0. The molecule has 0 aliphatic carbocycles. The zero-order chi connectivity index (χ0) is 26.6. The van der Waals surface area contributed by atoms with Crippen molar-refractivity contribution in [3.05, 3.63) is 71.1 Å². The third-order valence-electron chi connectivity index (χ3n) is 6.71. The molecule has 1 fully saturated rings. The minimum absolute atomic E-state index is 0.148. The summed E-state index contributed by atoms with van der Waals surface area (Å²) in [6, 6.07) is 12.4. The molecule has 3 aromatic rings. The van der Waals surface area contributed by atoms with Gasteiger partial charge in [-0.25, -0.2) is 4.98 Å². The van der Waals surface area contributed by atoms with Crippen LogP contribution in [-0.4, -0.2) is 28.1 Å². The summed E-state index contributed by atoms with van der Waals surface area (Å²) < 4.78 is 56.0. The molecule has 198 valence electrons. The van der Waals surface area contributed by atoms with E-state index in [1.165, 1.54) is 19.1 Å². The summed E-state index contributed by atoms with van der Waals surface area (Å²) in [5, 5.41) is 0. The van der Waals surface area contributed by atoms with Crippen LogP contribution >= 0.6 is 0 Å². The van der Waals surface area contributed by atoms with Gasteiger partial charge < -0.3 is 13.9 Å². The summed E-state index contributed by atoms with van der Waals surface area (Å²) in [6.07, 6.45) is -0.801. The molecule has 1 aromatic heterocycles. The Morgan fingerprint density at radius 1 is 1.16 bits per heavy atom. The van der Waals surface area contributed by atoms with Crippen molar-refractivity contribution in [1.82, 2.24) is 9.88 Å². The number of oxazole rings is 1. The standard InChI is InChI=1S/C28H31F3N2O4/c1-4-27(37-20(3)34)14-5-6-15-33(27)17-21-8-7-9-24(16-21)35-18-25-19(2)36-26(32-25)22-10-12-23(13-11-22)28(29,30)31/h7-13,16H,4-6,14-15,17-18H2,1-3H3. The Labute approximate surface area is 214 Å². The molecule has 1 aliphatic heterocycles. The molecule has 1 saturated heterocycles. The van der Waals surface area contributed by atoms with Gasteiger partial charge in [0, 0.05) is 32.0 Å². The molecule has 37 heavy (non-hydrogen) atoms. The van der Waals surface area contributed by atoms with Crippen LogP contribution in [-0.2, 0) is 28.9 Å². The fourth-order valence-corrected chi connectivity index (χ4v) is 4.74. The molecular weight excluding hydrogens is 485 g/mol. The van der Waals surface area contributed by atoms with Crippen LogP contribution in [0.3, 0.4) is 0 Å². The summed E-state index contributed by atoms with van der Waals surface area (Å²) in [5.74, 6) is 1.16. The maximum atomic E-state index is 12.8. The Hall–Kier alpha value is -3.33. The van der Waals surface area contributed by atoms with Gasteiger partial charge in [0.05, 0.1) is 5.56 Å². The van der Waals surface area contributed by atoms with E-state index in [2.05, 4.69) is 9.88 Å². The number of ether oxygens (including phenoxy) is 2. The Morgan fingerprint density at radius 3 is 2.59 bits per heavy atom. The van der Waals surface area contributed by atoms with Crippen LogP contribution in [0.1, 0.15) is 62.1 Å². The zero-order valence-corrected chi connectivity index (χ0v) is 21.2. The number of piperidine rings is 1. The van der Waals surface area contributed by atoms with E-state index in [4.69, 9.17) is 13.9 Å². The number of alkyl halides is 3. The van der Waals surface area contributed by atoms with Crippen molar-refractivity contribution in [3.63, 3.8) is 0 Å². The molecular formula is C28H31F3N2O4. The second kappa shape index (κ2) is 11.0. The van der Waals surface area contributed by atoms with Crippen molar-refractivity contribution in [3.8, 4) is 17.2 Å². The Kier molecular flexibility index (Phi) is 7.92. The highest BCUT2D eigenvalue weighted by Crippen LogP contribution is 2.35. The number of halogens is 3. The second-order valence-electron chi connectivity index (χ2n) is 9.31. The Balaban J connectivity index is 1.43. The monoisotopic (exact) mass is 516 g/mol. The van der Waals surface area contributed by atoms with E-state index < -0.39 is 17.5 Å². The maximum absolute atomic E-state index is 12.8. The highest BCUT2D eigenvalue weighted by molar-refractivity contribution is 5.66. The number of nitrogens with zero attached hydrogens (tertiary/aromatic N) is 2. The van der Waals surface area contributed by atoms with Gasteiger partial charge in [0.1, 0.15) is 23.8 Å². The lowest BCUT2D eigenvalue weighted by Gasteiger charge is -2.45. The third kappa shape index (κ3) is 6.33. The van der Waals surface area contributed by atoms with E-state index in [-0.39, 0.29) is 18.5 Å². The molecule has 0 spiro atoms. The van der Waals surface area contributed by atoms with Gasteiger partial charge in [0.15, 0.2) is 5.72 Å². The topological polar surface area (TPSA) is 64.8 Å². The van der Waals surface area contributed by atoms with Crippen LogP contribution in [0, 0.1) is 6.92 Å². The fraction of sp³-hybridized carbons (Fsp3) is 0.429. The van der Waals surface area contributed by atoms with E-state index >= 15 is 0 Å². The van der Waals surface area contributed by atoms with Crippen LogP contribution in [0.15, 0.2) is 52.9 Å². The van der Waals surface area contributed by atoms with E-state index in [1.54, 1.807) is 6.92 Å². The first-order chi connectivity index (χ1) is 17.6. The normalized spacial score (nSPS) is 18.5. The lowest BCUT2D eigenvalue weighted by molar-refractivity contribution is -0.195. The summed E-state index contributed by atoms with van der Waals surface area (Å²) in [5.41, 5.74) is 0.741.